The van der Waals surface area contributed by atoms with E-state index >= 15 is 0 Å². The molecule has 1 aliphatic heterocycles. The van der Waals surface area contributed by atoms with Crippen LogP contribution in [0.2, 0.25) is 5.02 Å². The molecule has 2 aromatic rings. The molecule has 6 heteroatoms. The number of fused-ring (bicyclic) bond motifs is 1. The van der Waals surface area contributed by atoms with Crippen molar-refractivity contribution in [3.8, 4) is 0 Å². The fraction of sp³-hybridized carbons (Fsp3) is 0.583. The molecule has 1 atom stereocenters. The molecule has 1 saturated carbocycles. The monoisotopic (exact) mass is 432 g/mol. The highest BCUT2D eigenvalue weighted by Crippen LogP contribution is 2.37. The average molecular weight is 433 g/mol. The Balaban J connectivity index is 1.50. The van der Waals surface area contributed by atoms with Gasteiger partial charge in [-0.2, -0.15) is 0 Å². The lowest BCUT2D eigenvalue weighted by molar-refractivity contribution is -0.136. The van der Waals surface area contributed by atoms with Gasteiger partial charge in [0.05, 0.1) is 16.6 Å². The van der Waals surface area contributed by atoms with Crippen molar-refractivity contribution in [1.29, 1.82) is 0 Å². The number of aromatic nitrogens is 1. The van der Waals surface area contributed by atoms with Gasteiger partial charge in [-0.3, -0.25) is 9.59 Å². The van der Waals surface area contributed by atoms with Crippen LogP contribution in [0.1, 0.15) is 69.2 Å². The van der Waals surface area contributed by atoms with Gasteiger partial charge in [0.2, 0.25) is 5.91 Å². The largest absolute Gasteiger partial charge is 0.345 e. The van der Waals surface area contributed by atoms with Crippen LogP contribution in [-0.2, 0) is 11.3 Å². The van der Waals surface area contributed by atoms with Crippen LogP contribution in [0.4, 0.5) is 4.39 Å². The topological polar surface area (TPSA) is 42.3 Å². The first-order valence-electron chi connectivity index (χ1n) is 11.0. The van der Waals surface area contributed by atoms with Crippen LogP contribution >= 0.6 is 11.6 Å². The Morgan fingerprint density at radius 3 is 2.60 bits per heavy atom. The minimum absolute atomic E-state index is 0.0916. The van der Waals surface area contributed by atoms with E-state index in [0.29, 0.717) is 42.3 Å². The number of alkyl halides is 1. The van der Waals surface area contributed by atoms with Gasteiger partial charge >= 0.3 is 0 Å². The second kappa shape index (κ2) is 8.33. The number of rotatable bonds is 6. The number of ketones is 1. The number of likely N-dealkylation sites (tertiary alicyclic amines) is 1. The molecule has 2 aliphatic rings. The number of amides is 1. The minimum Gasteiger partial charge on any atom is -0.345 e. The van der Waals surface area contributed by atoms with Gasteiger partial charge in [0, 0.05) is 43.6 Å². The molecule has 162 valence electrons. The molecule has 1 amide bonds. The van der Waals surface area contributed by atoms with Crippen LogP contribution in [0.15, 0.2) is 24.4 Å². The SMILES string of the molecule is CC(=O)N1CC[C@H]1Cn1cc(C(=O)CCC2CCC(C)(F)CC2)c2c(Cl)cccc21. The Kier molecular flexibility index (Phi) is 5.93. The maximum Gasteiger partial charge on any atom is 0.219 e. The van der Waals surface area contributed by atoms with Crippen molar-refractivity contribution in [2.24, 2.45) is 5.92 Å². The summed E-state index contributed by atoms with van der Waals surface area (Å²) in [5, 5.41) is 1.38. The zero-order valence-electron chi connectivity index (χ0n) is 17.8. The number of carbonyl (C=O) groups is 2. The van der Waals surface area contributed by atoms with Crippen molar-refractivity contribution >= 4 is 34.2 Å². The third kappa shape index (κ3) is 4.27. The fourth-order valence-electron chi connectivity index (χ4n) is 4.98. The second-order valence-electron chi connectivity index (χ2n) is 9.30. The Morgan fingerprint density at radius 2 is 1.97 bits per heavy atom. The van der Waals surface area contributed by atoms with Gasteiger partial charge in [0.25, 0.3) is 0 Å². The highest BCUT2D eigenvalue weighted by atomic mass is 35.5. The molecular weight excluding hydrogens is 403 g/mol. The van der Waals surface area contributed by atoms with Gasteiger partial charge in [-0.25, -0.2) is 4.39 Å². The normalized spacial score (nSPS) is 26.6. The highest BCUT2D eigenvalue weighted by Gasteiger charge is 2.32. The molecule has 2 heterocycles. The smallest absolute Gasteiger partial charge is 0.219 e. The molecule has 1 aromatic heterocycles. The number of hydrogen-bond donors (Lipinski definition) is 0. The van der Waals surface area contributed by atoms with Crippen molar-refractivity contribution in [3.63, 3.8) is 0 Å². The number of nitrogens with zero attached hydrogens (tertiary/aromatic N) is 2. The van der Waals surface area contributed by atoms with Crippen LogP contribution in [-0.4, -0.2) is 39.4 Å². The van der Waals surface area contributed by atoms with Crippen LogP contribution in [0, 0.1) is 5.92 Å². The summed E-state index contributed by atoms with van der Waals surface area (Å²) in [6.45, 7) is 4.75. The van der Waals surface area contributed by atoms with E-state index in [9.17, 15) is 14.0 Å². The fourth-order valence-corrected chi connectivity index (χ4v) is 5.25. The number of hydrogen-bond acceptors (Lipinski definition) is 2. The van der Waals surface area contributed by atoms with E-state index in [1.807, 2.05) is 29.3 Å². The summed E-state index contributed by atoms with van der Waals surface area (Å²) >= 11 is 6.49. The summed E-state index contributed by atoms with van der Waals surface area (Å²) in [5.74, 6) is 0.604. The van der Waals surface area contributed by atoms with E-state index in [-0.39, 0.29) is 17.7 Å². The van der Waals surface area contributed by atoms with Crippen LogP contribution < -0.4 is 0 Å². The quantitative estimate of drug-likeness (QED) is 0.541. The standard InChI is InChI=1S/C24H30ClFN2O2/c1-16(29)28-13-10-18(28)14-27-15-19(23-20(25)4-3-5-21(23)27)22(30)7-6-17-8-11-24(2,26)12-9-17/h3-5,15,17-18H,6-14H2,1-2H3/t17?,18-,24?/m0/s1. The molecule has 2 fully saturated rings. The van der Waals surface area contributed by atoms with Crippen molar-refractivity contribution in [1.82, 2.24) is 9.47 Å². The summed E-state index contributed by atoms with van der Waals surface area (Å²) in [5.41, 5.74) is 0.555. The van der Waals surface area contributed by atoms with E-state index in [0.717, 1.165) is 43.1 Å². The predicted molar refractivity (Wildman–Crippen MR) is 118 cm³/mol. The third-order valence-corrected chi connectivity index (χ3v) is 7.35. The number of halogens is 2. The zero-order chi connectivity index (χ0) is 21.5. The molecule has 0 bridgehead atoms. The van der Waals surface area contributed by atoms with Gasteiger partial charge in [0.1, 0.15) is 5.67 Å². The zero-order valence-corrected chi connectivity index (χ0v) is 18.6. The number of Topliss-reactive ketones (excluding diaryl/α,β-unsaturated/α-hetero) is 1. The van der Waals surface area contributed by atoms with Gasteiger partial charge in [-0.15, -0.1) is 0 Å². The molecule has 0 radical (unpaired) electrons. The first kappa shape index (κ1) is 21.4. The van der Waals surface area contributed by atoms with E-state index in [1.54, 1.807) is 13.8 Å². The first-order valence-corrected chi connectivity index (χ1v) is 11.4. The maximum atomic E-state index is 14.0. The summed E-state index contributed by atoms with van der Waals surface area (Å²) in [6, 6.07) is 5.86. The highest BCUT2D eigenvalue weighted by molar-refractivity contribution is 6.37. The lowest BCUT2D eigenvalue weighted by atomic mass is 9.79. The first-order chi connectivity index (χ1) is 14.2. The van der Waals surface area contributed by atoms with Crippen molar-refractivity contribution in [2.75, 3.05) is 6.54 Å². The van der Waals surface area contributed by atoms with E-state index in [4.69, 9.17) is 11.6 Å². The number of carbonyl (C=O) groups excluding carboxylic acids is 2. The molecule has 4 nitrogen and oxygen atoms in total. The lowest BCUT2D eigenvalue weighted by Gasteiger charge is -2.40. The van der Waals surface area contributed by atoms with Gasteiger partial charge in [-0.1, -0.05) is 17.7 Å². The maximum absolute atomic E-state index is 14.0. The van der Waals surface area contributed by atoms with Gasteiger partial charge < -0.3 is 9.47 Å². The van der Waals surface area contributed by atoms with Crippen LogP contribution in [0.5, 0.6) is 0 Å². The van der Waals surface area contributed by atoms with E-state index in [1.165, 1.54) is 0 Å². The summed E-state index contributed by atoms with van der Waals surface area (Å²) in [4.78, 5) is 26.8. The molecular formula is C24H30ClFN2O2. The van der Waals surface area contributed by atoms with Crippen molar-refractivity contribution in [2.45, 2.75) is 77.0 Å². The van der Waals surface area contributed by atoms with E-state index < -0.39 is 5.67 Å². The summed E-state index contributed by atoms with van der Waals surface area (Å²) < 4.78 is 16.1. The van der Waals surface area contributed by atoms with Crippen LogP contribution in [0.25, 0.3) is 10.9 Å². The molecule has 0 spiro atoms. The predicted octanol–water partition coefficient (Wildman–Crippen LogP) is 5.80. The summed E-state index contributed by atoms with van der Waals surface area (Å²) in [7, 11) is 0. The Bertz CT molecular complexity index is 958. The van der Waals surface area contributed by atoms with Crippen LogP contribution in [0.3, 0.4) is 0 Å². The average Bonchev–Trinajstić information content (AvgIpc) is 3.04. The van der Waals surface area contributed by atoms with E-state index in [2.05, 4.69) is 4.57 Å². The summed E-state index contributed by atoms with van der Waals surface area (Å²) in [6.07, 6.45) is 7.02. The molecule has 0 unspecified atom stereocenters. The third-order valence-electron chi connectivity index (χ3n) is 7.04. The Hall–Kier alpha value is -1.88. The lowest BCUT2D eigenvalue weighted by Crippen LogP contribution is -2.52. The van der Waals surface area contributed by atoms with Crippen molar-refractivity contribution < 1.29 is 14.0 Å². The molecule has 1 aliphatic carbocycles. The minimum atomic E-state index is -1.04. The Morgan fingerprint density at radius 1 is 1.23 bits per heavy atom. The molecule has 0 N–H and O–H groups in total. The Labute approximate surface area is 182 Å². The molecule has 1 saturated heterocycles. The van der Waals surface area contributed by atoms with Gasteiger partial charge in [-0.05, 0) is 63.5 Å². The second-order valence-corrected chi connectivity index (χ2v) is 9.71. The van der Waals surface area contributed by atoms with Gasteiger partial charge in [0.15, 0.2) is 5.78 Å². The number of benzene rings is 1. The van der Waals surface area contributed by atoms with Crippen molar-refractivity contribution in [3.05, 3.63) is 35.0 Å². The molecule has 1 aromatic carbocycles. The molecule has 30 heavy (non-hydrogen) atoms. The molecule has 4 rings (SSSR count).